The van der Waals surface area contributed by atoms with Gasteiger partial charge in [0.25, 0.3) is 5.91 Å². The van der Waals surface area contributed by atoms with Crippen molar-refractivity contribution in [2.75, 3.05) is 58.0 Å². The van der Waals surface area contributed by atoms with E-state index < -0.39 is 81.6 Å². The van der Waals surface area contributed by atoms with E-state index in [1.165, 1.54) is 15.9 Å². The van der Waals surface area contributed by atoms with E-state index in [4.69, 9.17) is 5.73 Å². The van der Waals surface area contributed by atoms with Gasteiger partial charge < -0.3 is 41.3 Å². The Morgan fingerprint density at radius 1 is 1.07 bits per heavy atom. The van der Waals surface area contributed by atoms with Gasteiger partial charge in [0.1, 0.15) is 17.1 Å². The number of likely N-dealkylation sites (N-methyl/N-ethyl adjacent to an activating group) is 2. The van der Waals surface area contributed by atoms with Crippen LogP contribution in [-0.4, -0.2) is 130 Å². The number of allylic oxidation sites excluding steroid dienone is 1. The molecule has 5 rings (SSSR count). The minimum Gasteiger partial charge on any atom is -0.510 e. The Morgan fingerprint density at radius 2 is 1.72 bits per heavy atom. The lowest BCUT2D eigenvalue weighted by molar-refractivity contribution is -0.153. The number of hydrogen-bond acceptors (Lipinski definition) is 12. The number of phenolic OH excluding ortho intramolecular Hbond substituents is 1. The number of aliphatic hydroxyl groups is 3. The van der Waals surface area contributed by atoms with E-state index in [0.717, 1.165) is 0 Å². The summed E-state index contributed by atoms with van der Waals surface area (Å²) >= 11 is 0. The molecule has 0 saturated carbocycles. The first kappa shape index (κ1) is 32.4. The Hall–Kier alpha value is -4.96. The standard InChI is InChI=1S/C30H36N6O10/c1-6-35-7-8-36(28(44)27(35)43)29(45)32-15-11-16(33(2)3)13-9-12-10-14-20(34(4)5)23(39)19(26(31)42)25(41)30(14,46)24(40)17(12)22(38)18(13)21(15)37/h11-12,14,20,37,39-40,46H,6-10H2,1-5H3,(H2,31,42)(H,32,45). The zero-order valence-corrected chi connectivity index (χ0v) is 25.9. The van der Waals surface area contributed by atoms with Gasteiger partial charge in [0.05, 0.1) is 17.3 Å². The number of Topliss-reactive ketones (excluding diaryl/α,β-unsaturated/α-hetero) is 2. The molecule has 1 aliphatic heterocycles. The number of benzene rings is 1. The highest BCUT2D eigenvalue weighted by Crippen LogP contribution is 2.54. The van der Waals surface area contributed by atoms with Crippen LogP contribution in [0.3, 0.4) is 0 Å². The molecule has 16 heteroatoms. The van der Waals surface area contributed by atoms with Gasteiger partial charge in [-0.1, -0.05) is 0 Å². The number of carbonyl (C=O) groups is 6. The van der Waals surface area contributed by atoms with Crippen LogP contribution >= 0.6 is 0 Å². The molecule has 3 aliphatic carbocycles. The van der Waals surface area contributed by atoms with Crippen LogP contribution < -0.4 is 16.0 Å². The Kier molecular flexibility index (Phi) is 7.85. The Labute approximate surface area is 263 Å². The molecule has 1 aromatic rings. The molecule has 16 nitrogen and oxygen atoms in total. The van der Waals surface area contributed by atoms with Crippen molar-refractivity contribution < 1.29 is 49.2 Å². The van der Waals surface area contributed by atoms with Crippen LogP contribution in [0.2, 0.25) is 0 Å². The average molecular weight is 641 g/mol. The summed E-state index contributed by atoms with van der Waals surface area (Å²) in [5, 5.41) is 48.0. The molecule has 0 bridgehead atoms. The Morgan fingerprint density at radius 3 is 2.28 bits per heavy atom. The van der Waals surface area contributed by atoms with Gasteiger partial charge >= 0.3 is 17.8 Å². The van der Waals surface area contributed by atoms with Gasteiger partial charge in [0, 0.05) is 50.9 Å². The molecular formula is C30H36N6O10. The summed E-state index contributed by atoms with van der Waals surface area (Å²) in [6, 6.07) is -0.735. The molecule has 5 amide bonds. The lowest BCUT2D eigenvalue weighted by Crippen LogP contribution is -2.63. The maximum Gasteiger partial charge on any atom is 0.329 e. The first-order valence-corrected chi connectivity index (χ1v) is 14.6. The van der Waals surface area contributed by atoms with Crippen molar-refractivity contribution in [3.05, 3.63) is 39.9 Å². The van der Waals surface area contributed by atoms with Crippen molar-refractivity contribution in [1.82, 2.24) is 14.7 Å². The second-order valence-electron chi connectivity index (χ2n) is 12.3. The number of primary amides is 1. The number of ketones is 2. The minimum absolute atomic E-state index is 0.0375. The van der Waals surface area contributed by atoms with Crippen LogP contribution in [0.15, 0.2) is 28.7 Å². The summed E-state index contributed by atoms with van der Waals surface area (Å²) in [5.74, 6) is -9.90. The normalized spacial score (nSPS) is 26.3. The van der Waals surface area contributed by atoms with Crippen molar-refractivity contribution in [2.45, 2.75) is 31.4 Å². The van der Waals surface area contributed by atoms with Crippen LogP contribution in [0.1, 0.15) is 29.3 Å². The first-order valence-electron chi connectivity index (χ1n) is 14.6. The number of phenols is 1. The van der Waals surface area contributed by atoms with Crippen LogP contribution in [0.5, 0.6) is 5.75 Å². The van der Waals surface area contributed by atoms with E-state index in [9.17, 15) is 49.2 Å². The number of imide groups is 1. The fourth-order valence-corrected chi connectivity index (χ4v) is 7.15. The third-order valence-electron chi connectivity index (χ3n) is 9.36. The molecule has 246 valence electrons. The maximum absolute atomic E-state index is 14.2. The van der Waals surface area contributed by atoms with Crippen molar-refractivity contribution in [3.8, 4) is 5.75 Å². The molecule has 1 aromatic carbocycles. The molecular weight excluding hydrogens is 604 g/mol. The monoisotopic (exact) mass is 640 g/mol. The number of amides is 5. The van der Waals surface area contributed by atoms with Gasteiger partial charge in [-0.25, -0.2) is 4.79 Å². The molecule has 4 aliphatic rings. The smallest absolute Gasteiger partial charge is 0.329 e. The fraction of sp³-hybridized carbons (Fsp3) is 0.467. The number of nitrogens with two attached hydrogens (primary N) is 1. The Balaban J connectivity index is 1.61. The summed E-state index contributed by atoms with van der Waals surface area (Å²) < 4.78 is 0. The Bertz CT molecular complexity index is 1680. The third kappa shape index (κ3) is 4.50. The third-order valence-corrected chi connectivity index (χ3v) is 9.36. The molecule has 46 heavy (non-hydrogen) atoms. The number of aromatic hydroxyl groups is 1. The van der Waals surface area contributed by atoms with Gasteiger partial charge in [-0.2, -0.15) is 0 Å². The lowest BCUT2D eigenvalue weighted by Gasteiger charge is -2.50. The van der Waals surface area contributed by atoms with Crippen LogP contribution in [-0.2, 0) is 25.6 Å². The quantitative estimate of drug-likeness (QED) is 0.135. The number of nitrogens with one attached hydrogen (secondary N) is 1. The highest BCUT2D eigenvalue weighted by Gasteiger charge is 2.63. The molecule has 0 spiro atoms. The second-order valence-corrected chi connectivity index (χ2v) is 12.3. The number of carbonyl (C=O) groups excluding carboxylic acids is 6. The number of aliphatic hydroxyl groups excluding tert-OH is 2. The number of fused-ring (bicyclic) bond motifs is 3. The van der Waals surface area contributed by atoms with E-state index in [2.05, 4.69) is 5.32 Å². The maximum atomic E-state index is 14.2. The number of urea groups is 1. The van der Waals surface area contributed by atoms with Crippen LogP contribution in [0.4, 0.5) is 16.2 Å². The lowest BCUT2D eigenvalue weighted by atomic mass is 9.58. The van der Waals surface area contributed by atoms with Crippen molar-refractivity contribution >= 4 is 46.7 Å². The number of hydrogen-bond donors (Lipinski definition) is 6. The zero-order valence-electron chi connectivity index (χ0n) is 25.9. The molecule has 1 heterocycles. The molecule has 4 unspecified atom stereocenters. The van der Waals surface area contributed by atoms with Crippen molar-refractivity contribution in [3.63, 3.8) is 0 Å². The summed E-state index contributed by atoms with van der Waals surface area (Å²) in [6.45, 7) is 1.98. The minimum atomic E-state index is -2.80. The number of piperazine rings is 1. The van der Waals surface area contributed by atoms with Crippen molar-refractivity contribution in [2.24, 2.45) is 17.6 Å². The van der Waals surface area contributed by atoms with Crippen molar-refractivity contribution in [1.29, 1.82) is 0 Å². The summed E-state index contributed by atoms with van der Waals surface area (Å²) in [7, 11) is 6.40. The summed E-state index contributed by atoms with van der Waals surface area (Å²) in [6.07, 6.45) is -0.0481. The van der Waals surface area contributed by atoms with E-state index in [1.54, 1.807) is 40.0 Å². The zero-order chi connectivity index (χ0) is 34.2. The highest BCUT2D eigenvalue weighted by molar-refractivity contribution is 6.38. The van der Waals surface area contributed by atoms with E-state index in [-0.39, 0.29) is 49.3 Å². The van der Waals surface area contributed by atoms with E-state index in [1.807, 2.05) is 0 Å². The molecule has 0 radical (unpaired) electrons. The molecule has 4 atom stereocenters. The SMILES string of the molecule is CCN1CCN(C(=O)Nc2cc(N(C)C)c3c(c2O)C(=O)C2=C(O)C4(O)C(=O)C(C(N)=O)=C(O)C(N(C)C)C4CC2C3)C(=O)C1=O. The molecule has 1 saturated heterocycles. The topological polar surface area (TPSA) is 234 Å². The molecule has 1 fully saturated rings. The summed E-state index contributed by atoms with van der Waals surface area (Å²) in [4.78, 5) is 83.0. The predicted molar refractivity (Wildman–Crippen MR) is 161 cm³/mol. The van der Waals surface area contributed by atoms with Crippen LogP contribution in [0.25, 0.3) is 0 Å². The highest BCUT2D eigenvalue weighted by atomic mass is 16.3. The first-order chi connectivity index (χ1) is 21.5. The number of nitrogens with zero attached hydrogens (tertiary/aromatic N) is 4. The van der Waals surface area contributed by atoms with E-state index in [0.29, 0.717) is 16.2 Å². The van der Waals surface area contributed by atoms with Gasteiger partial charge in [-0.05, 0) is 51.4 Å². The average Bonchev–Trinajstić information content (AvgIpc) is 2.97. The number of rotatable bonds is 5. The van der Waals surface area contributed by atoms with Gasteiger partial charge in [-0.15, -0.1) is 0 Å². The van der Waals surface area contributed by atoms with E-state index >= 15 is 0 Å². The molecule has 7 N–H and O–H groups in total. The molecule has 0 aromatic heterocycles. The van der Waals surface area contributed by atoms with Crippen LogP contribution in [0, 0.1) is 11.8 Å². The summed E-state index contributed by atoms with van der Waals surface area (Å²) in [5.41, 5.74) is 1.46. The van der Waals surface area contributed by atoms with Gasteiger partial charge in [0.15, 0.2) is 17.1 Å². The van der Waals surface area contributed by atoms with Gasteiger partial charge in [0.2, 0.25) is 5.78 Å². The second kappa shape index (κ2) is 11.1. The predicted octanol–water partition coefficient (Wildman–Crippen LogP) is -0.591. The fourth-order valence-electron chi connectivity index (χ4n) is 7.15. The largest absolute Gasteiger partial charge is 0.510 e. The van der Waals surface area contributed by atoms with Gasteiger partial charge in [-0.3, -0.25) is 33.8 Å². The number of anilines is 2.